The summed E-state index contributed by atoms with van der Waals surface area (Å²) in [6.45, 7) is 0. The Morgan fingerprint density at radius 3 is 2.32 bits per heavy atom. The van der Waals surface area contributed by atoms with Crippen LogP contribution in [0.15, 0.2) is 71.2 Å². The number of nitrogens with zero attached hydrogens (tertiary/aromatic N) is 1. The molecule has 0 bridgehead atoms. The van der Waals surface area contributed by atoms with Gasteiger partial charge in [0.2, 0.25) is 0 Å². The molecular formula is C17H12BrN. The van der Waals surface area contributed by atoms with Crippen molar-refractivity contribution < 1.29 is 0 Å². The van der Waals surface area contributed by atoms with E-state index in [9.17, 15) is 5.26 Å². The number of benzene rings is 2. The largest absolute Gasteiger partial charge is 0.192 e. The molecule has 2 aromatic carbocycles. The molecule has 0 aliphatic heterocycles. The van der Waals surface area contributed by atoms with Gasteiger partial charge in [-0.3, -0.25) is 0 Å². The zero-order chi connectivity index (χ0) is 13.5. The average Bonchev–Trinajstić information content (AvgIpc) is 2.46. The van der Waals surface area contributed by atoms with Crippen molar-refractivity contribution in [3.8, 4) is 6.07 Å². The number of hydrogen-bond acceptors (Lipinski definition) is 1. The molecule has 0 atom stereocenters. The second-order valence-electron chi connectivity index (χ2n) is 3.97. The lowest BCUT2D eigenvalue weighted by atomic mass is 10.1. The summed E-state index contributed by atoms with van der Waals surface area (Å²) in [4.78, 5) is 0. The fourth-order valence-corrected chi connectivity index (χ4v) is 1.91. The van der Waals surface area contributed by atoms with Crippen LogP contribution in [-0.2, 0) is 0 Å². The van der Waals surface area contributed by atoms with E-state index >= 15 is 0 Å². The molecule has 0 fully saturated rings. The lowest BCUT2D eigenvalue weighted by Gasteiger charge is -1.97. The summed E-state index contributed by atoms with van der Waals surface area (Å²) >= 11 is 3.38. The van der Waals surface area contributed by atoms with Crippen LogP contribution >= 0.6 is 15.9 Å². The normalized spacial score (nSPS) is 11.5. The standard InChI is InChI=1S/C17H12BrN/c18-17-11-9-15(10-12-17)16(13-19)8-4-7-14-5-2-1-3-6-14/h1-12H/b7-4+,16-8+. The van der Waals surface area contributed by atoms with Gasteiger partial charge in [-0.1, -0.05) is 70.5 Å². The van der Waals surface area contributed by atoms with E-state index in [0.717, 1.165) is 15.6 Å². The van der Waals surface area contributed by atoms with Gasteiger partial charge < -0.3 is 0 Å². The Labute approximate surface area is 121 Å². The van der Waals surface area contributed by atoms with Gasteiger partial charge in [0, 0.05) is 4.47 Å². The summed E-state index contributed by atoms with van der Waals surface area (Å²) in [7, 11) is 0. The van der Waals surface area contributed by atoms with Crippen molar-refractivity contribution in [1.29, 1.82) is 5.26 Å². The molecule has 19 heavy (non-hydrogen) atoms. The maximum absolute atomic E-state index is 9.18. The van der Waals surface area contributed by atoms with E-state index in [2.05, 4.69) is 22.0 Å². The Kier molecular flexibility index (Phi) is 4.72. The minimum absolute atomic E-state index is 0.652. The average molecular weight is 310 g/mol. The summed E-state index contributed by atoms with van der Waals surface area (Å²) in [5.41, 5.74) is 2.69. The fourth-order valence-electron chi connectivity index (χ4n) is 1.65. The quantitative estimate of drug-likeness (QED) is 0.573. The molecule has 0 heterocycles. The minimum Gasteiger partial charge on any atom is -0.192 e. The molecule has 0 amide bonds. The zero-order valence-corrected chi connectivity index (χ0v) is 11.8. The van der Waals surface area contributed by atoms with Gasteiger partial charge in [0.1, 0.15) is 0 Å². The van der Waals surface area contributed by atoms with Crippen LogP contribution in [0.5, 0.6) is 0 Å². The van der Waals surface area contributed by atoms with Gasteiger partial charge in [0.25, 0.3) is 0 Å². The van der Waals surface area contributed by atoms with Crippen molar-refractivity contribution in [3.63, 3.8) is 0 Å². The monoisotopic (exact) mass is 309 g/mol. The highest BCUT2D eigenvalue weighted by molar-refractivity contribution is 9.10. The third-order valence-corrected chi connectivity index (χ3v) is 3.16. The summed E-state index contributed by atoms with van der Waals surface area (Å²) in [6, 6.07) is 19.9. The molecule has 0 aromatic heterocycles. The van der Waals surface area contributed by atoms with Crippen molar-refractivity contribution in [1.82, 2.24) is 0 Å². The molecular weight excluding hydrogens is 298 g/mol. The van der Waals surface area contributed by atoms with Crippen LogP contribution in [0.4, 0.5) is 0 Å². The third kappa shape index (κ3) is 3.94. The molecule has 2 rings (SSSR count). The zero-order valence-electron chi connectivity index (χ0n) is 10.3. The Hall–Kier alpha value is -2.11. The highest BCUT2D eigenvalue weighted by Gasteiger charge is 1.98. The first-order chi connectivity index (χ1) is 9.29. The highest BCUT2D eigenvalue weighted by atomic mass is 79.9. The molecule has 0 spiro atoms. The van der Waals surface area contributed by atoms with E-state index in [1.54, 1.807) is 0 Å². The van der Waals surface area contributed by atoms with Gasteiger partial charge in [-0.15, -0.1) is 0 Å². The van der Waals surface area contributed by atoms with Gasteiger partial charge in [0.15, 0.2) is 0 Å². The Morgan fingerprint density at radius 2 is 1.68 bits per heavy atom. The van der Waals surface area contributed by atoms with Crippen molar-refractivity contribution in [2.24, 2.45) is 0 Å². The smallest absolute Gasteiger partial charge is 0.0997 e. The second-order valence-corrected chi connectivity index (χ2v) is 4.88. The first-order valence-corrected chi connectivity index (χ1v) is 6.68. The van der Waals surface area contributed by atoms with E-state index < -0.39 is 0 Å². The lowest BCUT2D eigenvalue weighted by molar-refractivity contribution is 1.51. The SMILES string of the molecule is N#C/C(=C\C=C\c1ccccc1)c1ccc(Br)cc1. The van der Waals surface area contributed by atoms with Crippen LogP contribution in [0.25, 0.3) is 11.6 Å². The van der Waals surface area contributed by atoms with Crippen LogP contribution < -0.4 is 0 Å². The predicted molar refractivity (Wildman–Crippen MR) is 83.2 cm³/mol. The molecule has 0 aliphatic rings. The maximum Gasteiger partial charge on any atom is 0.0997 e. The molecule has 0 radical (unpaired) electrons. The second kappa shape index (κ2) is 6.72. The van der Waals surface area contributed by atoms with E-state index in [1.807, 2.05) is 72.8 Å². The van der Waals surface area contributed by atoms with Crippen molar-refractivity contribution in [2.45, 2.75) is 0 Å². The summed E-state index contributed by atoms with van der Waals surface area (Å²) in [6.07, 6.45) is 5.71. The van der Waals surface area contributed by atoms with Gasteiger partial charge in [-0.2, -0.15) is 5.26 Å². The maximum atomic E-state index is 9.18. The van der Waals surface area contributed by atoms with Gasteiger partial charge in [-0.05, 0) is 29.3 Å². The molecule has 92 valence electrons. The first-order valence-electron chi connectivity index (χ1n) is 5.89. The molecule has 0 N–H and O–H groups in total. The van der Waals surface area contributed by atoms with Crippen LogP contribution in [-0.4, -0.2) is 0 Å². The van der Waals surface area contributed by atoms with Crippen LogP contribution in [0.3, 0.4) is 0 Å². The summed E-state index contributed by atoms with van der Waals surface area (Å²) in [5.74, 6) is 0. The Bertz CT molecular complexity index is 631. The third-order valence-electron chi connectivity index (χ3n) is 2.63. The minimum atomic E-state index is 0.652. The number of hydrogen-bond donors (Lipinski definition) is 0. The molecule has 2 aromatic rings. The van der Waals surface area contributed by atoms with E-state index in [4.69, 9.17) is 0 Å². The highest BCUT2D eigenvalue weighted by Crippen LogP contribution is 2.17. The first kappa shape index (κ1) is 13.3. The number of halogens is 1. The molecule has 0 saturated heterocycles. The number of nitriles is 1. The van der Waals surface area contributed by atoms with Gasteiger partial charge in [-0.25, -0.2) is 0 Å². The Morgan fingerprint density at radius 1 is 1.00 bits per heavy atom. The van der Waals surface area contributed by atoms with E-state index in [1.165, 1.54) is 0 Å². The molecule has 0 unspecified atom stereocenters. The van der Waals surface area contributed by atoms with E-state index in [0.29, 0.717) is 5.57 Å². The Balaban J connectivity index is 2.19. The molecule has 2 heteroatoms. The predicted octanol–water partition coefficient (Wildman–Crippen LogP) is 5.07. The topological polar surface area (TPSA) is 23.8 Å². The molecule has 0 saturated carbocycles. The van der Waals surface area contributed by atoms with Crippen LogP contribution in [0, 0.1) is 11.3 Å². The fraction of sp³-hybridized carbons (Fsp3) is 0. The number of allylic oxidation sites excluding steroid dienone is 3. The summed E-state index contributed by atoms with van der Waals surface area (Å²) < 4.78 is 1.01. The van der Waals surface area contributed by atoms with Crippen molar-refractivity contribution in [2.75, 3.05) is 0 Å². The van der Waals surface area contributed by atoms with Crippen LogP contribution in [0.1, 0.15) is 11.1 Å². The van der Waals surface area contributed by atoms with Crippen molar-refractivity contribution in [3.05, 3.63) is 82.3 Å². The molecule has 0 aliphatic carbocycles. The van der Waals surface area contributed by atoms with Gasteiger partial charge >= 0.3 is 0 Å². The molecule has 1 nitrogen and oxygen atoms in total. The van der Waals surface area contributed by atoms with Gasteiger partial charge in [0.05, 0.1) is 11.6 Å². The number of rotatable bonds is 3. The van der Waals surface area contributed by atoms with Crippen molar-refractivity contribution >= 4 is 27.6 Å². The summed E-state index contributed by atoms with van der Waals surface area (Å²) in [5, 5.41) is 9.18. The van der Waals surface area contributed by atoms with Crippen LogP contribution in [0.2, 0.25) is 0 Å². The lowest BCUT2D eigenvalue weighted by Crippen LogP contribution is -1.79. The van der Waals surface area contributed by atoms with E-state index in [-0.39, 0.29) is 0 Å².